The van der Waals surface area contributed by atoms with Gasteiger partial charge in [0.05, 0.1) is 24.4 Å². The molecule has 2 rings (SSSR count). The van der Waals surface area contributed by atoms with Gasteiger partial charge in [-0.15, -0.1) is 0 Å². The maximum atomic E-state index is 12.4. The highest BCUT2D eigenvalue weighted by atomic mass is 16.4. The highest BCUT2D eigenvalue weighted by molar-refractivity contribution is 6.01. The second-order valence-electron chi connectivity index (χ2n) is 5.64. The number of aliphatic hydroxyl groups excluding tert-OH is 1. The lowest BCUT2D eigenvalue weighted by Crippen LogP contribution is -2.35. The number of ketones is 1. The van der Waals surface area contributed by atoms with Gasteiger partial charge in [-0.05, 0) is 30.7 Å². The highest BCUT2D eigenvalue weighted by Gasteiger charge is 2.31. The van der Waals surface area contributed by atoms with Gasteiger partial charge in [-0.25, -0.2) is 0 Å². The number of amides is 1. The zero-order valence-electron chi connectivity index (χ0n) is 13.2. The van der Waals surface area contributed by atoms with Crippen LogP contribution < -0.4 is 5.32 Å². The lowest BCUT2D eigenvalue weighted by molar-refractivity contribution is -0.138. The Labute approximate surface area is 139 Å². The lowest BCUT2D eigenvalue weighted by atomic mass is 9.85. The molecule has 1 amide bonds. The van der Waals surface area contributed by atoms with Crippen molar-refractivity contribution in [3.63, 3.8) is 0 Å². The topological polar surface area (TPSA) is 104 Å². The van der Waals surface area contributed by atoms with Crippen LogP contribution in [-0.2, 0) is 14.4 Å². The largest absolute Gasteiger partial charge is 0.481 e. The molecule has 0 aliphatic heterocycles. The molecule has 1 aromatic rings. The molecular weight excluding hydrogens is 310 g/mol. The second-order valence-corrected chi connectivity index (χ2v) is 5.64. The number of carbonyl (C=O) groups is 3. The molecule has 3 atom stereocenters. The summed E-state index contributed by atoms with van der Waals surface area (Å²) in [6, 6.07) is 6.51. The van der Waals surface area contributed by atoms with Crippen LogP contribution in [0.3, 0.4) is 0 Å². The molecule has 3 N–H and O–H groups in total. The molecule has 0 saturated heterocycles. The number of allylic oxidation sites excluding steroid dienone is 4. The summed E-state index contributed by atoms with van der Waals surface area (Å²) in [5.74, 6) is -4.00. The molecule has 6 heteroatoms. The van der Waals surface area contributed by atoms with Gasteiger partial charge in [0, 0.05) is 5.69 Å². The van der Waals surface area contributed by atoms with Crippen molar-refractivity contribution in [1.29, 1.82) is 0 Å². The Kier molecular flexibility index (Phi) is 5.65. The molecule has 3 unspecified atom stereocenters. The molecule has 0 aromatic heterocycles. The molecule has 0 saturated carbocycles. The summed E-state index contributed by atoms with van der Waals surface area (Å²) in [5.41, 5.74) is 0.976. The zero-order valence-corrected chi connectivity index (χ0v) is 13.2. The Bertz CT molecular complexity index is 707. The van der Waals surface area contributed by atoms with E-state index in [1.807, 2.05) is 0 Å². The van der Waals surface area contributed by atoms with Crippen LogP contribution in [0.5, 0.6) is 0 Å². The van der Waals surface area contributed by atoms with E-state index in [9.17, 15) is 19.5 Å². The Morgan fingerprint density at radius 1 is 1.29 bits per heavy atom. The Morgan fingerprint density at radius 2 is 2.04 bits per heavy atom. The van der Waals surface area contributed by atoms with E-state index in [0.717, 1.165) is 0 Å². The van der Waals surface area contributed by atoms with Crippen molar-refractivity contribution in [2.24, 2.45) is 11.8 Å². The maximum Gasteiger partial charge on any atom is 0.310 e. The van der Waals surface area contributed by atoms with Gasteiger partial charge in [0.2, 0.25) is 5.91 Å². The van der Waals surface area contributed by atoms with E-state index in [2.05, 4.69) is 5.32 Å². The van der Waals surface area contributed by atoms with E-state index in [1.165, 1.54) is 6.08 Å². The van der Waals surface area contributed by atoms with Gasteiger partial charge in [0.15, 0.2) is 5.78 Å². The Hall–Kier alpha value is -2.73. The number of aliphatic hydroxyl groups is 1. The predicted octanol–water partition coefficient (Wildman–Crippen LogP) is 1.73. The van der Waals surface area contributed by atoms with Crippen molar-refractivity contribution in [3.05, 3.63) is 54.1 Å². The number of benzene rings is 1. The molecule has 1 aromatic carbocycles. The molecular formula is C18H19NO5. The summed E-state index contributed by atoms with van der Waals surface area (Å²) in [7, 11) is 0. The number of aliphatic carboxylic acids is 1. The number of carboxylic acids is 1. The Morgan fingerprint density at radius 3 is 2.67 bits per heavy atom. The number of rotatable bonds is 6. The molecule has 0 radical (unpaired) electrons. The first-order chi connectivity index (χ1) is 11.4. The number of anilines is 1. The van der Waals surface area contributed by atoms with Crippen LogP contribution in [0.2, 0.25) is 0 Å². The SMILES string of the molecule is CC(C(=O)O)c1cccc(NC(=O)C(CO)C2C=CC=CC2=O)c1. The quantitative estimate of drug-likeness (QED) is 0.737. The Balaban J connectivity index is 2.14. The van der Waals surface area contributed by atoms with Gasteiger partial charge in [-0.1, -0.05) is 30.4 Å². The van der Waals surface area contributed by atoms with E-state index in [1.54, 1.807) is 49.4 Å². The first-order valence-electron chi connectivity index (χ1n) is 7.57. The predicted molar refractivity (Wildman–Crippen MR) is 88.5 cm³/mol. The van der Waals surface area contributed by atoms with Gasteiger partial charge in [0.25, 0.3) is 0 Å². The summed E-state index contributed by atoms with van der Waals surface area (Å²) in [5, 5.41) is 21.2. The van der Waals surface area contributed by atoms with E-state index in [-0.39, 0.29) is 5.78 Å². The van der Waals surface area contributed by atoms with Gasteiger partial charge in [0.1, 0.15) is 0 Å². The average Bonchev–Trinajstić information content (AvgIpc) is 2.56. The number of hydrogen-bond acceptors (Lipinski definition) is 4. The van der Waals surface area contributed by atoms with Gasteiger partial charge in [-0.3, -0.25) is 14.4 Å². The molecule has 0 spiro atoms. The summed E-state index contributed by atoms with van der Waals surface area (Å²) >= 11 is 0. The minimum atomic E-state index is -0.962. The van der Waals surface area contributed by atoms with Crippen molar-refractivity contribution in [2.45, 2.75) is 12.8 Å². The average molecular weight is 329 g/mol. The molecule has 0 bridgehead atoms. The monoisotopic (exact) mass is 329 g/mol. The van der Waals surface area contributed by atoms with Gasteiger partial charge in [-0.2, -0.15) is 0 Å². The highest BCUT2D eigenvalue weighted by Crippen LogP contribution is 2.23. The van der Waals surface area contributed by atoms with E-state index in [4.69, 9.17) is 5.11 Å². The standard InChI is InChI=1S/C18H19NO5/c1-11(18(23)24)12-5-4-6-13(9-12)19-17(22)15(10-20)14-7-2-3-8-16(14)21/h2-9,11,14-15,20H,10H2,1H3,(H,19,22)(H,23,24). The van der Waals surface area contributed by atoms with Crippen LogP contribution in [-0.4, -0.2) is 34.5 Å². The summed E-state index contributed by atoms with van der Waals surface area (Å²) in [4.78, 5) is 35.3. The molecule has 0 heterocycles. The molecule has 6 nitrogen and oxygen atoms in total. The molecule has 1 aliphatic rings. The summed E-state index contributed by atoms with van der Waals surface area (Å²) in [6.07, 6.45) is 6.21. The minimum Gasteiger partial charge on any atom is -0.481 e. The smallest absolute Gasteiger partial charge is 0.310 e. The fourth-order valence-electron chi connectivity index (χ4n) is 2.50. The third-order valence-electron chi connectivity index (χ3n) is 4.01. The third-order valence-corrected chi connectivity index (χ3v) is 4.01. The van der Waals surface area contributed by atoms with E-state index < -0.39 is 36.2 Å². The van der Waals surface area contributed by atoms with Crippen molar-refractivity contribution in [2.75, 3.05) is 11.9 Å². The van der Waals surface area contributed by atoms with Crippen LogP contribution in [0, 0.1) is 11.8 Å². The van der Waals surface area contributed by atoms with E-state index >= 15 is 0 Å². The van der Waals surface area contributed by atoms with Crippen molar-refractivity contribution in [3.8, 4) is 0 Å². The summed E-state index contributed by atoms with van der Waals surface area (Å²) < 4.78 is 0. The fraction of sp³-hybridized carbons (Fsp3) is 0.278. The van der Waals surface area contributed by atoms with Crippen LogP contribution in [0.15, 0.2) is 48.6 Å². The van der Waals surface area contributed by atoms with Crippen molar-refractivity contribution >= 4 is 23.3 Å². The first-order valence-corrected chi connectivity index (χ1v) is 7.57. The van der Waals surface area contributed by atoms with Crippen molar-refractivity contribution in [1.82, 2.24) is 0 Å². The van der Waals surface area contributed by atoms with Crippen LogP contribution >= 0.6 is 0 Å². The number of nitrogens with one attached hydrogen (secondary N) is 1. The van der Waals surface area contributed by atoms with E-state index in [0.29, 0.717) is 11.3 Å². The number of hydrogen-bond donors (Lipinski definition) is 3. The van der Waals surface area contributed by atoms with Crippen molar-refractivity contribution < 1.29 is 24.6 Å². The summed E-state index contributed by atoms with van der Waals surface area (Å²) in [6.45, 7) is 1.09. The minimum absolute atomic E-state index is 0.236. The maximum absolute atomic E-state index is 12.4. The van der Waals surface area contributed by atoms with Crippen LogP contribution in [0.25, 0.3) is 0 Å². The number of carboxylic acid groups (broad SMARTS) is 1. The molecule has 1 aliphatic carbocycles. The normalized spacial score (nSPS) is 18.9. The molecule has 24 heavy (non-hydrogen) atoms. The van der Waals surface area contributed by atoms with Gasteiger partial charge < -0.3 is 15.5 Å². The second kappa shape index (κ2) is 7.70. The number of carbonyl (C=O) groups excluding carboxylic acids is 2. The first kappa shape index (κ1) is 17.6. The van der Waals surface area contributed by atoms with Crippen LogP contribution in [0.1, 0.15) is 18.4 Å². The van der Waals surface area contributed by atoms with Gasteiger partial charge >= 0.3 is 5.97 Å². The zero-order chi connectivity index (χ0) is 17.7. The fourth-order valence-corrected chi connectivity index (χ4v) is 2.50. The lowest BCUT2D eigenvalue weighted by Gasteiger charge is -2.21. The molecule has 0 fully saturated rings. The third kappa shape index (κ3) is 3.97. The van der Waals surface area contributed by atoms with Crippen LogP contribution in [0.4, 0.5) is 5.69 Å². The molecule has 126 valence electrons.